The fourth-order valence-corrected chi connectivity index (χ4v) is 3.36. The van der Waals surface area contributed by atoms with Crippen LogP contribution in [0.5, 0.6) is 5.75 Å². The summed E-state index contributed by atoms with van der Waals surface area (Å²) in [5, 5.41) is 3.44. The van der Waals surface area contributed by atoms with Gasteiger partial charge in [-0.15, -0.1) is 24.0 Å². The van der Waals surface area contributed by atoms with E-state index in [1.807, 2.05) is 19.1 Å². The number of methoxy groups -OCH3 is 1. The number of nitrogens with zero attached hydrogens (tertiary/aromatic N) is 2. The molecule has 0 unspecified atom stereocenters. The molecule has 1 saturated heterocycles. The summed E-state index contributed by atoms with van der Waals surface area (Å²) in [7, 11) is 1.73. The van der Waals surface area contributed by atoms with Crippen LogP contribution in [0.15, 0.2) is 29.3 Å². The maximum atomic E-state index is 5.96. The summed E-state index contributed by atoms with van der Waals surface area (Å²) in [5.41, 5.74) is 1.26. The van der Waals surface area contributed by atoms with Gasteiger partial charge in [0.1, 0.15) is 5.75 Å². The van der Waals surface area contributed by atoms with Crippen molar-refractivity contribution in [2.45, 2.75) is 45.6 Å². The van der Waals surface area contributed by atoms with Gasteiger partial charge >= 0.3 is 0 Å². The average Bonchev–Trinajstić information content (AvgIpc) is 2.72. The highest BCUT2D eigenvalue weighted by atomic mass is 127. The van der Waals surface area contributed by atoms with Gasteiger partial charge in [-0.3, -0.25) is 4.99 Å². The number of halogens is 1. The van der Waals surface area contributed by atoms with Crippen LogP contribution in [0, 0.1) is 0 Å². The summed E-state index contributed by atoms with van der Waals surface area (Å²) in [6.07, 6.45) is 4.33. The Labute approximate surface area is 193 Å². The maximum Gasteiger partial charge on any atom is 0.193 e. The summed E-state index contributed by atoms with van der Waals surface area (Å²) in [4.78, 5) is 7.21. The van der Waals surface area contributed by atoms with E-state index in [0.29, 0.717) is 12.7 Å². The molecule has 2 rings (SSSR count). The van der Waals surface area contributed by atoms with Gasteiger partial charge in [0.15, 0.2) is 5.96 Å². The molecule has 0 aromatic heterocycles. The van der Waals surface area contributed by atoms with E-state index in [9.17, 15) is 0 Å². The van der Waals surface area contributed by atoms with Crippen LogP contribution in [0.4, 0.5) is 0 Å². The van der Waals surface area contributed by atoms with Crippen LogP contribution in [-0.4, -0.2) is 70.1 Å². The lowest BCUT2D eigenvalue weighted by molar-refractivity contribution is 0.00991. The number of aliphatic imine (C=N–C) groups is 1. The van der Waals surface area contributed by atoms with E-state index in [1.165, 1.54) is 5.56 Å². The lowest BCUT2D eigenvalue weighted by atomic mass is 10.1. The monoisotopic (exact) mass is 519 g/mol. The molecule has 0 aliphatic carbocycles. The number of ether oxygens (including phenoxy) is 3. The minimum Gasteiger partial charge on any atom is -0.494 e. The zero-order valence-electron chi connectivity index (χ0n) is 18.2. The molecular formula is C22H38IN3O3. The first-order valence-electron chi connectivity index (χ1n) is 10.6. The van der Waals surface area contributed by atoms with Gasteiger partial charge < -0.3 is 24.4 Å². The molecule has 1 aliphatic rings. The molecule has 1 fully saturated rings. The Morgan fingerprint density at radius 3 is 2.69 bits per heavy atom. The zero-order valence-corrected chi connectivity index (χ0v) is 20.5. The predicted octanol–water partition coefficient (Wildman–Crippen LogP) is 3.73. The number of piperidine rings is 1. The first kappa shape index (κ1) is 26.0. The second-order valence-corrected chi connectivity index (χ2v) is 6.97. The van der Waals surface area contributed by atoms with Crippen LogP contribution in [0.25, 0.3) is 0 Å². The molecule has 166 valence electrons. The van der Waals surface area contributed by atoms with Gasteiger partial charge in [-0.2, -0.15) is 0 Å². The van der Waals surface area contributed by atoms with Crippen molar-refractivity contribution in [3.8, 4) is 5.75 Å². The van der Waals surface area contributed by atoms with Gasteiger partial charge in [0, 0.05) is 46.5 Å². The van der Waals surface area contributed by atoms with Crippen molar-refractivity contribution in [1.82, 2.24) is 10.2 Å². The van der Waals surface area contributed by atoms with Gasteiger partial charge in [-0.05, 0) is 57.2 Å². The molecule has 0 spiro atoms. The number of likely N-dealkylation sites (tertiary alicyclic amines) is 1. The number of rotatable bonds is 11. The van der Waals surface area contributed by atoms with Gasteiger partial charge in [0.2, 0.25) is 0 Å². The Bertz CT molecular complexity index is 578. The minimum absolute atomic E-state index is 0. The summed E-state index contributed by atoms with van der Waals surface area (Å²) in [6.45, 7) is 9.99. The molecule has 1 aromatic rings. The van der Waals surface area contributed by atoms with Crippen LogP contribution in [0.3, 0.4) is 0 Å². The molecule has 7 heteroatoms. The maximum absolute atomic E-state index is 5.96. The number of hydrogen-bond acceptors (Lipinski definition) is 4. The lowest BCUT2D eigenvalue weighted by Crippen LogP contribution is -2.47. The normalized spacial score (nSPS) is 15.1. The first-order valence-corrected chi connectivity index (χ1v) is 10.6. The number of nitrogens with one attached hydrogen (secondary N) is 1. The second kappa shape index (κ2) is 15.7. The van der Waals surface area contributed by atoms with Crippen LogP contribution < -0.4 is 10.1 Å². The second-order valence-electron chi connectivity index (χ2n) is 6.97. The van der Waals surface area contributed by atoms with E-state index in [1.54, 1.807) is 7.11 Å². The Morgan fingerprint density at radius 2 is 2.00 bits per heavy atom. The van der Waals surface area contributed by atoms with Crippen molar-refractivity contribution in [3.63, 3.8) is 0 Å². The minimum atomic E-state index is 0. The molecule has 0 amide bonds. The zero-order chi connectivity index (χ0) is 20.0. The molecule has 0 radical (unpaired) electrons. The molecule has 29 heavy (non-hydrogen) atoms. The largest absolute Gasteiger partial charge is 0.494 e. The van der Waals surface area contributed by atoms with E-state index >= 15 is 0 Å². The molecule has 1 N–H and O–H groups in total. The van der Waals surface area contributed by atoms with Gasteiger partial charge in [-0.1, -0.05) is 12.1 Å². The molecule has 6 nitrogen and oxygen atoms in total. The number of guanidine groups is 1. The molecule has 0 bridgehead atoms. The van der Waals surface area contributed by atoms with E-state index in [2.05, 4.69) is 29.3 Å². The third kappa shape index (κ3) is 10.00. The van der Waals surface area contributed by atoms with E-state index < -0.39 is 0 Å². The van der Waals surface area contributed by atoms with Crippen molar-refractivity contribution < 1.29 is 14.2 Å². The van der Waals surface area contributed by atoms with Gasteiger partial charge in [0.25, 0.3) is 0 Å². The molecular weight excluding hydrogens is 481 g/mol. The fourth-order valence-electron chi connectivity index (χ4n) is 3.36. The molecule has 0 atom stereocenters. The standard InChI is InChI=1S/C22H37N3O3.HI/c1-4-23-22(24-13-10-19-8-6-9-21(18-19)27-5-2)25-14-11-20(12-15-25)28-17-7-16-26-3;/h6,8-9,18,20H,4-5,7,10-17H2,1-3H3,(H,23,24);1H. The Hall–Kier alpha value is -1.06. The summed E-state index contributed by atoms with van der Waals surface area (Å²) < 4.78 is 16.6. The SMILES string of the molecule is CCNC(=NCCc1cccc(OCC)c1)N1CCC(OCCCOC)CC1.I. The third-order valence-corrected chi connectivity index (χ3v) is 4.79. The third-order valence-electron chi connectivity index (χ3n) is 4.79. The van der Waals surface area contributed by atoms with Gasteiger partial charge in [0.05, 0.1) is 12.7 Å². The molecule has 1 heterocycles. The topological polar surface area (TPSA) is 55.3 Å². The fraction of sp³-hybridized carbons (Fsp3) is 0.682. The highest BCUT2D eigenvalue weighted by Gasteiger charge is 2.21. The number of benzene rings is 1. The van der Waals surface area contributed by atoms with Crippen LogP contribution >= 0.6 is 24.0 Å². The summed E-state index contributed by atoms with van der Waals surface area (Å²) >= 11 is 0. The predicted molar refractivity (Wildman–Crippen MR) is 130 cm³/mol. The van der Waals surface area contributed by atoms with Crippen molar-refractivity contribution in [2.24, 2.45) is 4.99 Å². The van der Waals surface area contributed by atoms with Crippen molar-refractivity contribution in [3.05, 3.63) is 29.8 Å². The van der Waals surface area contributed by atoms with Crippen molar-refractivity contribution >= 4 is 29.9 Å². The lowest BCUT2D eigenvalue weighted by Gasteiger charge is -2.34. The van der Waals surface area contributed by atoms with E-state index in [4.69, 9.17) is 19.2 Å². The Morgan fingerprint density at radius 1 is 1.21 bits per heavy atom. The molecule has 0 saturated carbocycles. The summed E-state index contributed by atoms with van der Waals surface area (Å²) in [5.74, 6) is 1.95. The van der Waals surface area contributed by atoms with Crippen LogP contribution in [0.2, 0.25) is 0 Å². The van der Waals surface area contributed by atoms with Crippen LogP contribution in [-0.2, 0) is 15.9 Å². The quantitative estimate of drug-likeness (QED) is 0.209. The van der Waals surface area contributed by atoms with Crippen molar-refractivity contribution in [1.29, 1.82) is 0 Å². The highest BCUT2D eigenvalue weighted by molar-refractivity contribution is 14.0. The van der Waals surface area contributed by atoms with E-state index in [0.717, 1.165) is 76.8 Å². The van der Waals surface area contributed by atoms with Crippen molar-refractivity contribution in [2.75, 3.05) is 53.1 Å². The van der Waals surface area contributed by atoms with Crippen LogP contribution in [0.1, 0.15) is 38.7 Å². The average molecular weight is 519 g/mol. The van der Waals surface area contributed by atoms with Gasteiger partial charge in [-0.25, -0.2) is 0 Å². The first-order chi connectivity index (χ1) is 13.8. The smallest absolute Gasteiger partial charge is 0.193 e. The number of hydrogen-bond donors (Lipinski definition) is 1. The summed E-state index contributed by atoms with van der Waals surface area (Å²) in [6, 6.07) is 8.30. The Balaban J connectivity index is 0.00000420. The highest BCUT2D eigenvalue weighted by Crippen LogP contribution is 2.15. The Kier molecular flexibility index (Phi) is 14.1. The molecule has 1 aromatic carbocycles. The van der Waals surface area contributed by atoms with E-state index in [-0.39, 0.29) is 24.0 Å². The molecule has 1 aliphatic heterocycles.